The van der Waals surface area contributed by atoms with E-state index >= 15 is 0 Å². The van der Waals surface area contributed by atoms with E-state index in [1.54, 1.807) is 30.6 Å². The number of aromatic nitrogens is 6. The smallest absolute Gasteiger partial charge is 0.375 e. The van der Waals surface area contributed by atoms with Crippen LogP contribution in [0.15, 0.2) is 49.2 Å². The van der Waals surface area contributed by atoms with Crippen molar-refractivity contribution in [2.24, 2.45) is 0 Å². The van der Waals surface area contributed by atoms with Crippen molar-refractivity contribution in [1.29, 1.82) is 0 Å². The Morgan fingerprint density at radius 1 is 1.07 bits per heavy atom. The summed E-state index contributed by atoms with van der Waals surface area (Å²) < 4.78 is 42.3. The lowest BCUT2D eigenvalue weighted by atomic mass is 10.1. The van der Waals surface area contributed by atoms with Crippen LogP contribution in [0, 0.1) is 3.57 Å². The average molecular weight is 511 g/mol. The number of nitrogens with one attached hydrogen (secondary N) is 1. The van der Waals surface area contributed by atoms with E-state index in [1.165, 1.54) is 17.2 Å². The third-order valence-electron chi connectivity index (χ3n) is 4.19. The van der Waals surface area contributed by atoms with Crippen LogP contribution < -0.4 is 5.32 Å². The Morgan fingerprint density at radius 3 is 2.55 bits per heavy atom. The zero-order chi connectivity index (χ0) is 20.6. The molecule has 3 aromatic heterocycles. The topological polar surface area (TPSA) is 81.4 Å². The summed E-state index contributed by atoms with van der Waals surface area (Å²) in [4.78, 5) is 16.5. The number of hydrogen-bond acceptors (Lipinski definition) is 6. The van der Waals surface area contributed by atoms with E-state index in [4.69, 9.17) is 0 Å². The first kappa shape index (κ1) is 19.5. The van der Waals surface area contributed by atoms with Gasteiger partial charge in [0.05, 0.1) is 17.1 Å². The minimum Gasteiger partial charge on any atom is -0.375 e. The van der Waals surface area contributed by atoms with Crippen LogP contribution in [-0.4, -0.2) is 29.7 Å². The molecule has 1 aromatic carbocycles. The predicted octanol–water partition coefficient (Wildman–Crippen LogP) is 4.40. The van der Waals surface area contributed by atoms with Gasteiger partial charge in [-0.25, -0.2) is 15.0 Å². The molecule has 11 heteroatoms. The highest BCUT2D eigenvalue weighted by Gasteiger charge is 2.34. The van der Waals surface area contributed by atoms with Crippen LogP contribution in [-0.2, 0) is 6.18 Å². The summed E-state index contributed by atoms with van der Waals surface area (Å²) in [6.45, 7) is 1.83. The number of pyridine rings is 1. The van der Waals surface area contributed by atoms with E-state index < -0.39 is 11.7 Å². The fraction of sp³-hybridized carbons (Fsp3) is 0.167. The molecular formula is C18H13F3IN7. The van der Waals surface area contributed by atoms with Crippen LogP contribution in [0.1, 0.15) is 24.4 Å². The lowest BCUT2D eigenvalue weighted by Gasteiger charge is -2.18. The molecule has 29 heavy (non-hydrogen) atoms. The molecule has 4 aromatic rings. The minimum absolute atomic E-state index is 0.108. The summed E-state index contributed by atoms with van der Waals surface area (Å²) in [7, 11) is 0. The summed E-state index contributed by atoms with van der Waals surface area (Å²) in [5, 5.41) is 7.74. The summed E-state index contributed by atoms with van der Waals surface area (Å²) in [6, 6.07) is 5.68. The first-order valence-electron chi connectivity index (χ1n) is 8.44. The summed E-state index contributed by atoms with van der Waals surface area (Å²) in [5.74, 6) is 0.866. The van der Waals surface area contributed by atoms with E-state index in [0.29, 0.717) is 26.4 Å². The molecule has 0 radical (unpaired) electrons. The van der Waals surface area contributed by atoms with Gasteiger partial charge in [-0.05, 0) is 53.8 Å². The Kier molecular flexibility index (Phi) is 5.06. The van der Waals surface area contributed by atoms with Crippen molar-refractivity contribution < 1.29 is 13.2 Å². The second kappa shape index (κ2) is 7.54. The summed E-state index contributed by atoms with van der Waals surface area (Å²) in [5.41, 5.74) is -0.366. The molecule has 0 aliphatic rings. The molecular weight excluding hydrogens is 498 g/mol. The van der Waals surface area contributed by atoms with Crippen LogP contribution in [0.5, 0.6) is 0 Å². The first-order valence-corrected chi connectivity index (χ1v) is 9.52. The quantitative estimate of drug-likeness (QED) is 0.410. The van der Waals surface area contributed by atoms with Gasteiger partial charge in [0.15, 0.2) is 5.82 Å². The van der Waals surface area contributed by atoms with Gasteiger partial charge in [-0.1, -0.05) is 0 Å². The monoisotopic (exact) mass is 511 g/mol. The standard InChI is InChI=1S/C18H13F3IN7/c1-10(16-26-9-27-29(16)17-24-4-2-5-25-17)28-14-3-6-23-15-12(14)7-11(22)8-13(15)18(19,20)21/h2-10H,1H3,(H,23,28)/t10-/m0/s1. The highest BCUT2D eigenvalue weighted by Crippen LogP contribution is 2.37. The van der Waals surface area contributed by atoms with Gasteiger partial charge in [0.1, 0.15) is 6.33 Å². The number of hydrogen-bond donors (Lipinski definition) is 1. The van der Waals surface area contributed by atoms with E-state index in [9.17, 15) is 13.2 Å². The van der Waals surface area contributed by atoms with Crippen LogP contribution >= 0.6 is 22.6 Å². The van der Waals surface area contributed by atoms with Gasteiger partial charge in [-0.15, -0.1) is 0 Å². The molecule has 0 saturated heterocycles. The molecule has 0 saturated carbocycles. The van der Waals surface area contributed by atoms with Crippen molar-refractivity contribution in [2.75, 3.05) is 5.32 Å². The van der Waals surface area contributed by atoms with Crippen molar-refractivity contribution in [3.63, 3.8) is 0 Å². The van der Waals surface area contributed by atoms with E-state index in [0.717, 1.165) is 6.07 Å². The van der Waals surface area contributed by atoms with Crippen LogP contribution in [0.2, 0.25) is 0 Å². The maximum atomic E-state index is 13.5. The highest BCUT2D eigenvalue weighted by atomic mass is 127. The minimum atomic E-state index is -4.50. The lowest BCUT2D eigenvalue weighted by Crippen LogP contribution is -2.16. The van der Waals surface area contributed by atoms with Gasteiger partial charge in [0, 0.05) is 33.2 Å². The zero-order valence-corrected chi connectivity index (χ0v) is 17.0. The number of anilines is 1. The van der Waals surface area contributed by atoms with Gasteiger partial charge < -0.3 is 5.32 Å². The normalized spacial score (nSPS) is 12.9. The Bertz CT molecular complexity index is 1160. The molecule has 148 valence electrons. The third-order valence-corrected chi connectivity index (χ3v) is 4.81. The van der Waals surface area contributed by atoms with Crippen molar-refractivity contribution in [2.45, 2.75) is 19.1 Å². The largest absolute Gasteiger partial charge is 0.418 e. The first-order chi connectivity index (χ1) is 13.8. The summed E-state index contributed by atoms with van der Waals surface area (Å²) in [6.07, 6.45) is 1.40. The molecule has 0 aliphatic carbocycles. The summed E-state index contributed by atoms with van der Waals surface area (Å²) >= 11 is 1.87. The number of alkyl halides is 3. The molecule has 0 bridgehead atoms. The second-order valence-corrected chi connectivity index (χ2v) is 7.40. The molecule has 4 rings (SSSR count). The van der Waals surface area contributed by atoms with Crippen molar-refractivity contribution >= 4 is 39.2 Å². The molecule has 1 N–H and O–H groups in total. The molecule has 1 atom stereocenters. The zero-order valence-electron chi connectivity index (χ0n) is 14.9. The fourth-order valence-corrected chi connectivity index (χ4v) is 3.58. The fourth-order valence-electron chi connectivity index (χ4n) is 2.96. The van der Waals surface area contributed by atoms with E-state index in [1.807, 2.05) is 29.5 Å². The van der Waals surface area contributed by atoms with Gasteiger partial charge >= 0.3 is 6.18 Å². The maximum Gasteiger partial charge on any atom is 0.418 e. The van der Waals surface area contributed by atoms with Crippen LogP contribution in [0.4, 0.5) is 18.9 Å². The lowest BCUT2D eigenvalue weighted by molar-refractivity contribution is -0.136. The van der Waals surface area contributed by atoms with E-state index in [2.05, 4.69) is 30.4 Å². The Balaban J connectivity index is 1.75. The number of rotatable bonds is 4. The second-order valence-electron chi connectivity index (χ2n) is 6.15. The van der Waals surface area contributed by atoms with E-state index in [-0.39, 0.29) is 11.6 Å². The molecule has 0 fully saturated rings. The third kappa shape index (κ3) is 3.86. The molecule has 0 aliphatic heterocycles. The Morgan fingerprint density at radius 2 is 1.83 bits per heavy atom. The highest BCUT2D eigenvalue weighted by molar-refractivity contribution is 14.1. The predicted molar refractivity (Wildman–Crippen MR) is 108 cm³/mol. The number of fused-ring (bicyclic) bond motifs is 1. The number of benzene rings is 1. The molecule has 7 nitrogen and oxygen atoms in total. The van der Waals surface area contributed by atoms with Crippen LogP contribution in [0.25, 0.3) is 16.9 Å². The van der Waals surface area contributed by atoms with Gasteiger partial charge in [0.2, 0.25) is 0 Å². The maximum absolute atomic E-state index is 13.5. The molecule has 0 unspecified atom stereocenters. The number of nitrogens with zero attached hydrogens (tertiary/aromatic N) is 6. The Labute approximate surface area is 176 Å². The number of halogens is 4. The van der Waals surface area contributed by atoms with Crippen molar-refractivity contribution in [3.8, 4) is 5.95 Å². The average Bonchev–Trinajstić information content (AvgIpc) is 3.18. The van der Waals surface area contributed by atoms with Crippen LogP contribution in [0.3, 0.4) is 0 Å². The SMILES string of the molecule is C[C@H](Nc1ccnc2c(C(F)(F)F)cc(I)cc12)c1ncnn1-c1ncccn1. The van der Waals surface area contributed by atoms with Crippen molar-refractivity contribution in [1.82, 2.24) is 29.7 Å². The van der Waals surface area contributed by atoms with Gasteiger partial charge in [-0.3, -0.25) is 4.98 Å². The Hall–Kier alpha value is -2.83. The van der Waals surface area contributed by atoms with Gasteiger partial charge in [0.25, 0.3) is 5.95 Å². The van der Waals surface area contributed by atoms with Gasteiger partial charge in [-0.2, -0.15) is 23.0 Å². The van der Waals surface area contributed by atoms with Crippen molar-refractivity contribution in [3.05, 3.63) is 64.1 Å². The molecule has 3 heterocycles. The molecule has 0 amide bonds. The molecule has 0 spiro atoms.